The van der Waals surface area contributed by atoms with E-state index in [1.165, 1.54) is 6.42 Å². The fraction of sp³-hybridized carbons (Fsp3) is 0.571. The van der Waals surface area contributed by atoms with E-state index in [1.807, 2.05) is 6.07 Å². The van der Waals surface area contributed by atoms with E-state index in [2.05, 4.69) is 38.1 Å². The number of hydrogen-bond donors (Lipinski definition) is 1. The maximum absolute atomic E-state index is 12.0. The van der Waals surface area contributed by atoms with Gasteiger partial charge in [0.15, 0.2) is 0 Å². The Morgan fingerprint density at radius 2 is 2.21 bits per heavy atom. The Labute approximate surface area is 122 Å². The van der Waals surface area contributed by atoms with Crippen LogP contribution in [0.4, 0.5) is 0 Å². The van der Waals surface area contributed by atoms with Gasteiger partial charge in [-0.2, -0.15) is 0 Å². The molecule has 0 saturated carbocycles. The van der Waals surface area contributed by atoms with Gasteiger partial charge in [-0.3, -0.25) is 4.79 Å². The number of aromatic nitrogens is 1. The molecule has 0 bridgehead atoms. The molecule has 2 heterocycles. The number of piperidine rings is 1. The first-order valence-corrected chi connectivity index (χ1v) is 7.63. The zero-order chi connectivity index (χ0) is 13.7. The second kappa shape index (κ2) is 7.01. The molecule has 4 nitrogen and oxygen atoms in total. The van der Waals surface area contributed by atoms with E-state index in [0.29, 0.717) is 5.69 Å². The Hall–Kier alpha value is -0.940. The summed E-state index contributed by atoms with van der Waals surface area (Å²) in [6, 6.07) is 3.86. The highest BCUT2D eigenvalue weighted by atomic mass is 79.9. The van der Waals surface area contributed by atoms with Crippen molar-refractivity contribution in [1.82, 2.24) is 15.2 Å². The third-order valence-electron chi connectivity index (χ3n) is 3.42. The standard InChI is InChI=1S/C14H20BrN3O/c1-2-7-18-8-5-12(6-9-18)17-14(19)13-4-3-11(15)10-16-13/h3-4,10,12H,2,5-9H2,1H3,(H,17,19). The summed E-state index contributed by atoms with van der Waals surface area (Å²) in [6.07, 6.45) is 4.91. The number of likely N-dealkylation sites (tertiary alicyclic amines) is 1. The van der Waals surface area contributed by atoms with Gasteiger partial charge in [0.2, 0.25) is 0 Å². The van der Waals surface area contributed by atoms with Gasteiger partial charge in [-0.25, -0.2) is 4.98 Å². The van der Waals surface area contributed by atoms with Crippen LogP contribution in [0.15, 0.2) is 22.8 Å². The van der Waals surface area contributed by atoms with Gasteiger partial charge in [0, 0.05) is 29.8 Å². The maximum atomic E-state index is 12.0. The number of carbonyl (C=O) groups excluding carboxylic acids is 1. The second-order valence-corrected chi connectivity index (χ2v) is 5.87. The lowest BCUT2D eigenvalue weighted by atomic mass is 10.0. The molecule has 1 aliphatic rings. The second-order valence-electron chi connectivity index (χ2n) is 4.95. The molecule has 19 heavy (non-hydrogen) atoms. The van der Waals surface area contributed by atoms with Crippen molar-refractivity contribution in [3.63, 3.8) is 0 Å². The molecule has 1 amide bonds. The predicted molar refractivity (Wildman–Crippen MR) is 79.2 cm³/mol. The van der Waals surface area contributed by atoms with E-state index >= 15 is 0 Å². The Morgan fingerprint density at radius 1 is 1.47 bits per heavy atom. The quantitative estimate of drug-likeness (QED) is 0.924. The van der Waals surface area contributed by atoms with Crippen LogP contribution < -0.4 is 5.32 Å². The molecule has 0 aliphatic carbocycles. The molecular weight excluding hydrogens is 306 g/mol. The summed E-state index contributed by atoms with van der Waals surface area (Å²) in [5.74, 6) is -0.0681. The van der Waals surface area contributed by atoms with Crippen LogP contribution in [0.3, 0.4) is 0 Å². The van der Waals surface area contributed by atoms with E-state index in [9.17, 15) is 4.79 Å². The van der Waals surface area contributed by atoms with Crippen LogP contribution in [0, 0.1) is 0 Å². The van der Waals surface area contributed by atoms with Gasteiger partial charge in [-0.15, -0.1) is 0 Å². The topological polar surface area (TPSA) is 45.2 Å². The van der Waals surface area contributed by atoms with Crippen molar-refractivity contribution >= 4 is 21.8 Å². The zero-order valence-corrected chi connectivity index (χ0v) is 12.8. The highest BCUT2D eigenvalue weighted by molar-refractivity contribution is 9.10. The summed E-state index contributed by atoms with van der Waals surface area (Å²) in [5.41, 5.74) is 0.485. The molecule has 0 unspecified atom stereocenters. The largest absolute Gasteiger partial charge is 0.348 e. The molecule has 0 aromatic carbocycles. The number of hydrogen-bond acceptors (Lipinski definition) is 3. The number of amides is 1. The van der Waals surface area contributed by atoms with Crippen molar-refractivity contribution in [3.05, 3.63) is 28.5 Å². The Balaban J connectivity index is 1.82. The molecule has 0 atom stereocenters. The Bertz CT molecular complexity index is 413. The van der Waals surface area contributed by atoms with Gasteiger partial charge in [0.25, 0.3) is 5.91 Å². The first kappa shape index (κ1) is 14.5. The van der Waals surface area contributed by atoms with Crippen LogP contribution in [0.1, 0.15) is 36.7 Å². The van der Waals surface area contributed by atoms with Gasteiger partial charge in [-0.05, 0) is 53.9 Å². The summed E-state index contributed by atoms with van der Waals surface area (Å²) in [7, 11) is 0. The molecule has 1 aliphatic heterocycles. The number of halogens is 1. The van der Waals surface area contributed by atoms with Crippen LogP contribution in [0.25, 0.3) is 0 Å². The summed E-state index contributed by atoms with van der Waals surface area (Å²) in [6.45, 7) is 5.51. The first-order chi connectivity index (χ1) is 9.19. The van der Waals surface area contributed by atoms with E-state index in [0.717, 1.165) is 36.9 Å². The van der Waals surface area contributed by atoms with Crippen LogP contribution >= 0.6 is 15.9 Å². The number of nitrogens with zero attached hydrogens (tertiary/aromatic N) is 2. The molecule has 5 heteroatoms. The summed E-state index contributed by atoms with van der Waals surface area (Å²) < 4.78 is 0.886. The van der Waals surface area contributed by atoms with Gasteiger partial charge in [-0.1, -0.05) is 6.92 Å². The molecule has 2 rings (SSSR count). The minimum Gasteiger partial charge on any atom is -0.348 e. The van der Waals surface area contributed by atoms with Crippen molar-refractivity contribution < 1.29 is 4.79 Å². The van der Waals surface area contributed by atoms with Gasteiger partial charge >= 0.3 is 0 Å². The van der Waals surface area contributed by atoms with Crippen molar-refractivity contribution in [2.75, 3.05) is 19.6 Å². The van der Waals surface area contributed by atoms with Gasteiger partial charge in [0.1, 0.15) is 5.69 Å². The number of carbonyl (C=O) groups is 1. The smallest absolute Gasteiger partial charge is 0.270 e. The van der Waals surface area contributed by atoms with Crippen LogP contribution in [0.5, 0.6) is 0 Å². The third kappa shape index (κ3) is 4.28. The minimum absolute atomic E-state index is 0.0681. The zero-order valence-electron chi connectivity index (χ0n) is 11.2. The Kier molecular flexibility index (Phi) is 5.34. The average Bonchev–Trinajstić information content (AvgIpc) is 2.42. The van der Waals surface area contributed by atoms with Crippen LogP contribution in [0.2, 0.25) is 0 Å². The summed E-state index contributed by atoms with van der Waals surface area (Å²) >= 11 is 3.31. The van der Waals surface area contributed by atoms with Gasteiger partial charge in [0.05, 0.1) is 0 Å². The number of rotatable bonds is 4. The predicted octanol–water partition coefficient (Wildman–Crippen LogP) is 2.45. The SMILES string of the molecule is CCCN1CCC(NC(=O)c2ccc(Br)cn2)CC1. The van der Waals surface area contributed by atoms with Crippen molar-refractivity contribution in [3.8, 4) is 0 Å². The van der Waals surface area contributed by atoms with E-state index in [4.69, 9.17) is 0 Å². The van der Waals surface area contributed by atoms with E-state index in [-0.39, 0.29) is 11.9 Å². The van der Waals surface area contributed by atoms with Crippen molar-refractivity contribution in [2.24, 2.45) is 0 Å². The molecule has 1 saturated heterocycles. The highest BCUT2D eigenvalue weighted by Crippen LogP contribution is 2.12. The van der Waals surface area contributed by atoms with E-state index < -0.39 is 0 Å². The average molecular weight is 326 g/mol. The third-order valence-corrected chi connectivity index (χ3v) is 3.89. The fourth-order valence-electron chi connectivity index (χ4n) is 2.39. The molecule has 1 aromatic rings. The molecule has 104 valence electrons. The molecule has 1 N–H and O–H groups in total. The molecule has 0 radical (unpaired) electrons. The molecule has 0 spiro atoms. The number of nitrogens with one attached hydrogen (secondary N) is 1. The summed E-state index contributed by atoms with van der Waals surface area (Å²) in [4.78, 5) is 18.6. The first-order valence-electron chi connectivity index (χ1n) is 6.84. The fourth-order valence-corrected chi connectivity index (χ4v) is 2.62. The van der Waals surface area contributed by atoms with Crippen LogP contribution in [-0.4, -0.2) is 41.5 Å². The number of pyridine rings is 1. The minimum atomic E-state index is -0.0681. The lowest BCUT2D eigenvalue weighted by Gasteiger charge is -2.31. The highest BCUT2D eigenvalue weighted by Gasteiger charge is 2.20. The normalized spacial score (nSPS) is 17.4. The summed E-state index contributed by atoms with van der Waals surface area (Å²) in [5, 5.41) is 3.07. The molecule has 1 aromatic heterocycles. The molecule has 1 fully saturated rings. The van der Waals surface area contributed by atoms with Crippen molar-refractivity contribution in [1.29, 1.82) is 0 Å². The van der Waals surface area contributed by atoms with Crippen LogP contribution in [-0.2, 0) is 0 Å². The lowest BCUT2D eigenvalue weighted by Crippen LogP contribution is -2.44. The lowest BCUT2D eigenvalue weighted by molar-refractivity contribution is 0.0906. The monoisotopic (exact) mass is 325 g/mol. The van der Waals surface area contributed by atoms with Gasteiger partial charge < -0.3 is 10.2 Å². The molecular formula is C14H20BrN3O. The Morgan fingerprint density at radius 3 is 2.79 bits per heavy atom. The van der Waals surface area contributed by atoms with E-state index in [1.54, 1.807) is 12.3 Å². The van der Waals surface area contributed by atoms with Crippen molar-refractivity contribution in [2.45, 2.75) is 32.2 Å². The maximum Gasteiger partial charge on any atom is 0.270 e.